The molecule has 5 heteroatoms. The molecule has 29 heavy (non-hydrogen) atoms. The lowest BCUT2D eigenvalue weighted by atomic mass is 10.1. The molecule has 7 rings (SSSR count). The number of fused-ring (bicyclic) bond motifs is 9. The number of rotatable bonds is 1. The van der Waals surface area contributed by atoms with E-state index in [2.05, 4.69) is 93.5 Å². The molecule has 0 N–H and O–H groups in total. The second kappa shape index (κ2) is 5.43. The van der Waals surface area contributed by atoms with Crippen LogP contribution in [0, 0.1) is 0 Å². The standard InChI is InChI=1S/C24H14N4S/c1-4-10-19-15(7-1)16-8-2-5-11-20(16)27(19)22-13-18-17-9-3-6-12-21(17)28-24(23(18)29-22)25-14-26-28/h1-14H. The van der Waals surface area contributed by atoms with Crippen molar-refractivity contribution >= 4 is 59.8 Å². The van der Waals surface area contributed by atoms with Crippen molar-refractivity contribution in [2.75, 3.05) is 0 Å². The van der Waals surface area contributed by atoms with E-state index in [1.54, 1.807) is 17.7 Å². The van der Waals surface area contributed by atoms with Gasteiger partial charge in [0.15, 0.2) is 5.65 Å². The SMILES string of the molecule is c1ccc2c(c1)c1ccccc1n2-c1cc2c3ccccc3n3ncnc3c2s1. The maximum absolute atomic E-state index is 4.57. The minimum absolute atomic E-state index is 0.913. The Bertz CT molecular complexity index is 1660. The van der Waals surface area contributed by atoms with Crippen LogP contribution >= 0.6 is 11.3 Å². The predicted octanol–water partition coefficient (Wildman–Crippen LogP) is 6.19. The fourth-order valence-electron chi connectivity index (χ4n) is 4.47. The van der Waals surface area contributed by atoms with Crippen LogP contribution in [0.5, 0.6) is 0 Å². The smallest absolute Gasteiger partial charge is 0.173 e. The summed E-state index contributed by atoms with van der Waals surface area (Å²) in [6.45, 7) is 0. The molecule has 4 nitrogen and oxygen atoms in total. The molecule has 0 saturated heterocycles. The lowest BCUT2D eigenvalue weighted by molar-refractivity contribution is 1.01. The van der Waals surface area contributed by atoms with Crippen molar-refractivity contribution in [1.29, 1.82) is 0 Å². The first-order chi connectivity index (χ1) is 14.4. The van der Waals surface area contributed by atoms with Gasteiger partial charge in [0.2, 0.25) is 0 Å². The van der Waals surface area contributed by atoms with E-state index in [9.17, 15) is 0 Å². The molecule has 0 aliphatic heterocycles. The summed E-state index contributed by atoms with van der Waals surface area (Å²) in [4.78, 5) is 4.57. The van der Waals surface area contributed by atoms with Gasteiger partial charge in [0.1, 0.15) is 11.3 Å². The molecule has 0 radical (unpaired) electrons. The van der Waals surface area contributed by atoms with Crippen molar-refractivity contribution in [2.24, 2.45) is 0 Å². The summed E-state index contributed by atoms with van der Waals surface area (Å²) in [5.74, 6) is 0. The highest BCUT2D eigenvalue weighted by Crippen LogP contribution is 2.40. The number of hydrogen-bond acceptors (Lipinski definition) is 3. The van der Waals surface area contributed by atoms with Gasteiger partial charge in [-0.15, -0.1) is 11.3 Å². The van der Waals surface area contributed by atoms with E-state index in [0.717, 1.165) is 15.9 Å². The van der Waals surface area contributed by atoms with E-state index < -0.39 is 0 Å². The summed E-state index contributed by atoms with van der Waals surface area (Å²) in [5.41, 5.74) is 4.44. The van der Waals surface area contributed by atoms with Crippen molar-refractivity contribution in [3.05, 3.63) is 85.2 Å². The minimum Gasteiger partial charge on any atom is -0.301 e. The van der Waals surface area contributed by atoms with Crippen LogP contribution < -0.4 is 0 Å². The van der Waals surface area contributed by atoms with Crippen LogP contribution in [0.25, 0.3) is 53.4 Å². The normalized spacial score (nSPS) is 12.1. The maximum atomic E-state index is 4.57. The average molecular weight is 390 g/mol. The van der Waals surface area contributed by atoms with Crippen molar-refractivity contribution in [3.8, 4) is 5.00 Å². The second-order valence-electron chi connectivity index (χ2n) is 7.21. The molecular weight excluding hydrogens is 376 g/mol. The quantitative estimate of drug-likeness (QED) is 0.335. The molecule has 0 amide bonds. The van der Waals surface area contributed by atoms with Gasteiger partial charge in [-0.3, -0.25) is 0 Å². The Balaban J connectivity index is 1.69. The van der Waals surface area contributed by atoms with Crippen LogP contribution in [0.15, 0.2) is 85.2 Å². The van der Waals surface area contributed by atoms with Gasteiger partial charge in [-0.25, -0.2) is 9.50 Å². The maximum Gasteiger partial charge on any atom is 0.173 e. The Morgan fingerprint density at radius 3 is 1.93 bits per heavy atom. The van der Waals surface area contributed by atoms with Crippen molar-refractivity contribution in [2.45, 2.75) is 0 Å². The zero-order valence-corrected chi connectivity index (χ0v) is 16.1. The first kappa shape index (κ1) is 15.2. The number of aromatic nitrogens is 4. The lowest BCUT2D eigenvalue weighted by Crippen LogP contribution is -1.90. The van der Waals surface area contributed by atoms with Crippen molar-refractivity contribution in [3.63, 3.8) is 0 Å². The first-order valence-electron chi connectivity index (χ1n) is 9.53. The molecule has 0 aliphatic carbocycles. The Morgan fingerprint density at radius 2 is 1.24 bits per heavy atom. The summed E-state index contributed by atoms with van der Waals surface area (Å²) in [6, 6.07) is 27.9. The molecule has 0 saturated carbocycles. The molecule has 7 aromatic rings. The van der Waals surface area contributed by atoms with Gasteiger partial charge in [-0.05, 0) is 24.3 Å². The van der Waals surface area contributed by atoms with Gasteiger partial charge in [0.25, 0.3) is 0 Å². The largest absolute Gasteiger partial charge is 0.301 e. The third-order valence-corrected chi connectivity index (χ3v) is 6.81. The topological polar surface area (TPSA) is 35.1 Å². The number of benzene rings is 3. The van der Waals surface area contributed by atoms with Gasteiger partial charge in [-0.2, -0.15) is 5.10 Å². The third kappa shape index (κ3) is 1.92. The fourth-order valence-corrected chi connectivity index (χ4v) is 5.66. The molecular formula is C24H14N4S. The monoisotopic (exact) mass is 390 g/mol. The van der Waals surface area contributed by atoms with Crippen LogP contribution in [0.1, 0.15) is 0 Å². The summed E-state index contributed by atoms with van der Waals surface area (Å²) >= 11 is 1.77. The minimum atomic E-state index is 0.913. The number of thiophene rings is 1. The average Bonchev–Trinajstić information content (AvgIpc) is 3.49. The Morgan fingerprint density at radius 1 is 0.655 bits per heavy atom. The van der Waals surface area contributed by atoms with Crippen LogP contribution in [0.4, 0.5) is 0 Å². The van der Waals surface area contributed by atoms with E-state index >= 15 is 0 Å². The first-order valence-corrected chi connectivity index (χ1v) is 10.3. The number of para-hydroxylation sites is 3. The van der Waals surface area contributed by atoms with Gasteiger partial charge in [0, 0.05) is 21.5 Å². The van der Waals surface area contributed by atoms with Gasteiger partial charge in [0.05, 0.1) is 21.3 Å². The van der Waals surface area contributed by atoms with E-state index in [-0.39, 0.29) is 0 Å². The third-order valence-electron chi connectivity index (χ3n) is 5.69. The Hall–Kier alpha value is -3.70. The van der Waals surface area contributed by atoms with E-state index in [0.29, 0.717) is 0 Å². The van der Waals surface area contributed by atoms with Crippen LogP contribution in [0.3, 0.4) is 0 Å². The Kier molecular flexibility index (Phi) is 2.85. The summed E-state index contributed by atoms with van der Waals surface area (Å²) in [5, 5.41) is 10.6. The van der Waals surface area contributed by atoms with Gasteiger partial charge >= 0.3 is 0 Å². The second-order valence-corrected chi connectivity index (χ2v) is 8.24. The van der Waals surface area contributed by atoms with Crippen LogP contribution in [-0.4, -0.2) is 19.2 Å². The molecule has 0 fully saturated rings. The van der Waals surface area contributed by atoms with Crippen LogP contribution in [-0.2, 0) is 0 Å². The number of hydrogen-bond donors (Lipinski definition) is 0. The van der Waals surface area contributed by atoms with Crippen LogP contribution in [0.2, 0.25) is 0 Å². The summed E-state index contributed by atoms with van der Waals surface area (Å²) in [7, 11) is 0. The zero-order chi connectivity index (χ0) is 18.9. The van der Waals surface area contributed by atoms with Crippen molar-refractivity contribution in [1.82, 2.24) is 19.2 Å². The molecule has 0 bridgehead atoms. The summed E-state index contributed by atoms with van der Waals surface area (Å²) < 4.78 is 5.49. The molecule has 0 atom stereocenters. The number of nitrogens with zero attached hydrogens (tertiary/aromatic N) is 4. The lowest BCUT2D eigenvalue weighted by Gasteiger charge is -2.03. The van der Waals surface area contributed by atoms with Gasteiger partial charge in [-0.1, -0.05) is 54.6 Å². The van der Waals surface area contributed by atoms with Crippen molar-refractivity contribution < 1.29 is 0 Å². The Labute approximate surface area is 169 Å². The van der Waals surface area contributed by atoms with E-state index in [1.807, 2.05) is 4.52 Å². The predicted molar refractivity (Wildman–Crippen MR) is 120 cm³/mol. The highest BCUT2D eigenvalue weighted by Gasteiger charge is 2.17. The highest BCUT2D eigenvalue weighted by atomic mass is 32.1. The molecule has 0 spiro atoms. The van der Waals surface area contributed by atoms with E-state index in [4.69, 9.17) is 0 Å². The molecule has 4 heterocycles. The van der Waals surface area contributed by atoms with Gasteiger partial charge < -0.3 is 4.57 Å². The zero-order valence-electron chi connectivity index (χ0n) is 15.3. The highest BCUT2D eigenvalue weighted by molar-refractivity contribution is 7.22. The molecule has 0 aliphatic rings. The number of pyridine rings is 1. The van der Waals surface area contributed by atoms with E-state index in [1.165, 1.54) is 37.6 Å². The molecule has 0 unspecified atom stereocenters. The fraction of sp³-hybridized carbons (Fsp3) is 0. The summed E-state index contributed by atoms with van der Waals surface area (Å²) in [6.07, 6.45) is 1.64. The molecule has 4 aromatic heterocycles. The molecule has 3 aromatic carbocycles. The molecule has 136 valence electrons.